The fourth-order valence-corrected chi connectivity index (χ4v) is 2.65. The molecule has 26 heavy (non-hydrogen) atoms. The van der Waals surface area contributed by atoms with Gasteiger partial charge in [-0.05, 0) is 42.3 Å². The number of anilines is 2. The molecule has 0 bridgehead atoms. The molecule has 3 aromatic carbocycles. The van der Waals surface area contributed by atoms with Gasteiger partial charge in [-0.15, -0.1) is 0 Å². The van der Waals surface area contributed by atoms with Crippen LogP contribution in [0.1, 0.15) is 12.5 Å². The van der Waals surface area contributed by atoms with Crippen molar-refractivity contribution in [2.75, 3.05) is 17.2 Å². The number of para-hydroxylation sites is 4. The number of rotatable bonds is 7. The Morgan fingerprint density at radius 2 is 1.50 bits per heavy atom. The number of aryl methyl sites for hydroxylation is 1. The zero-order chi connectivity index (χ0) is 18.2. The highest BCUT2D eigenvalue weighted by atomic mass is 16.5. The molecule has 0 saturated carbocycles. The normalized spacial score (nSPS) is 10.2. The molecule has 0 unspecified atom stereocenters. The Balaban J connectivity index is 1.64. The van der Waals surface area contributed by atoms with Gasteiger partial charge in [0.25, 0.3) is 0 Å². The fourth-order valence-electron chi connectivity index (χ4n) is 2.65. The molecule has 3 rings (SSSR count). The minimum absolute atomic E-state index is 0.125. The van der Waals surface area contributed by atoms with Crippen molar-refractivity contribution in [3.05, 3.63) is 84.4 Å². The highest BCUT2D eigenvalue weighted by molar-refractivity contribution is 5.95. The summed E-state index contributed by atoms with van der Waals surface area (Å²) in [6.45, 7) is 2.29. The van der Waals surface area contributed by atoms with Crippen LogP contribution in [-0.4, -0.2) is 12.5 Å². The maximum Gasteiger partial charge on any atom is 0.243 e. The lowest BCUT2D eigenvalue weighted by Gasteiger charge is -2.14. The minimum atomic E-state index is -0.125. The lowest BCUT2D eigenvalue weighted by Crippen LogP contribution is -2.22. The molecule has 0 aliphatic heterocycles. The zero-order valence-electron chi connectivity index (χ0n) is 14.7. The Morgan fingerprint density at radius 3 is 2.27 bits per heavy atom. The van der Waals surface area contributed by atoms with E-state index >= 15 is 0 Å². The van der Waals surface area contributed by atoms with Gasteiger partial charge in [0.15, 0.2) is 5.75 Å². The number of carbonyl (C=O) groups excluding carboxylic acids is 1. The van der Waals surface area contributed by atoms with Gasteiger partial charge < -0.3 is 15.4 Å². The standard InChI is InChI=1S/C22H22N2O2/c1-2-17-10-6-7-13-19(17)23-16-22(25)24-20-14-8-9-15-21(20)26-18-11-4-3-5-12-18/h3-15,23H,2,16H2,1H3,(H,24,25). The van der Waals surface area contributed by atoms with Crippen LogP contribution in [0.3, 0.4) is 0 Å². The first kappa shape index (κ1) is 17.5. The summed E-state index contributed by atoms with van der Waals surface area (Å²) in [6.07, 6.45) is 0.915. The molecule has 4 heteroatoms. The second-order valence-corrected chi connectivity index (χ2v) is 5.82. The van der Waals surface area contributed by atoms with Gasteiger partial charge in [0.1, 0.15) is 5.75 Å². The van der Waals surface area contributed by atoms with E-state index in [9.17, 15) is 4.79 Å². The monoisotopic (exact) mass is 346 g/mol. The molecule has 0 fully saturated rings. The van der Waals surface area contributed by atoms with E-state index in [0.717, 1.165) is 17.9 Å². The molecule has 0 radical (unpaired) electrons. The second kappa shape index (κ2) is 8.72. The summed E-state index contributed by atoms with van der Waals surface area (Å²) >= 11 is 0. The molecule has 0 aliphatic rings. The zero-order valence-corrected chi connectivity index (χ0v) is 14.7. The van der Waals surface area contributed by atoms with Crippen LogP contribution in [0.25, 0.3) is 0 Å². The summed E-state index contributed by atoms with van der Waals surface area (Å²) in [4.78, 5) is 12.4. The molecular formula is C22H22N2O2. The maximum absolute atomic E-state index is 12.4. The van der Waals surface area contributed by atoms with Gasteiger partial charge in [-0.1, -0.05) is 55.5 Å². The van der Waals surface area contributed by atoms with Crippen LogP contribution < -0.4 is 15.4 Å². The van der Waals surface area contributed by atoms with E-state index in [4.69, 9.17) is 4.74 Å². The third kappa shape index (κ3) is 4.63. The Labute approximate surface area is 153 Å². The lowest BCUT2D eigenvalue weighted by molar-refractivity contribution is -0.114. The van der Waals surface area contributed by atoms with E-state index in [1.54, 1.807) is 0 Å². The summed E-state index contributed by atoms with van der Waals surface area (Å²) < 4.78 is 5.87. The third-order valence-corrected chi connectivity index (χ3v) is 3.97. The van der Waals surface area contributed by atoms with Crippen molar-refractivity contribution in [1.29, 1.82) is 0 Å². The highest BCUT2D eigenvalue weighted by Gasteiger charge is 2.09. The summed E-state index contributed by atoms with van der Waals surface area (Å²) in [5.74, 6) is 1.21. The predicted molar refractivity (Wildman–Crippen MR) is 106 cm³/mol. The van der Waals surface area contributed by atoms with Gasteiger partial charge >= 0.3 is 0 Å². The van der Waals surface area contributed by atoms with Crippen molar-refractivity contribution >= 4 is 17.3 Å². The molecule has 2 N–H and O–H groups in total. The van der Waals surface area contributed by atoms with Crippen LogP contribution in [0.2, 0.25) is 0 Å². The summed E-state index contributed by atoms with van der Waals surface area (Å²) in [5.41, 5.74) is 2.82. The molecule has 0 saturated heterocycles. The molecule has 0 aromatic heterocycles. The van der Waals surface area contributed by atoms with Gasteiger partial charge in [-0.3, -0.25) is 4.79 Å². The number of hydrogen-bond acceptors (Lipinski definition) is 3. The maximum atomic E-state index is 12.4. The average Bonchev–Trinajstić information content (AvgIpc) is 2.69. The molecule has 132 valence electrons. The largest absolute Gasteiger partial charge is 0.455 e. The lowest BCUT2D eigenvalue weighted by atomic mass is 10.1. The molecule has 0 aliphatic carbocycles. The van der Waals surface area contributed by atoms with E-state index in [2.05, 4.69) is 23.6 Å². The number of ether oxygens (including phenoxy) is 1. The van der Waals surface area contributed by atoms with E-state index in [0.29, 0.717) is 11.4 Å². The molecule has 3 aromatic rings. The van der Waals surface area contributed by atoms with Crippen molar-refractivity contribution in [1.82, 2.24) is 0 Å². The topological polar surface area (TPSA) is 50.4 Å². The molecule has 0 atom stereocenters. The van der Waals surface area contributed by atoms with E-state index < -0.39 is 0 Å². The molecule has 0 spiro atoms. The summed E-state index contributed by atoms with van der Waals surface area (Å²) in [7, 11) is 0. The quantitative estimate of drug-likeness (QED) is 0.626. The van der Waals surface area contributed by atoms with Gasteiger partial charge in [-0.25, -0.2) is 0 Å². The summed E-state index contributed by atoms with van der Waals surface area (Å²) in [6, 6.07) is 24.9. The van der Waals surface area contributed by atoms with Gasteiger partial charge in [0, 0.05) is 5.69 Å². The Kier molecular flexibility index (Phi) is 5.88. The van der Waals surface area contributed by atoms with Crippen molar-refractivity contribution in [2.24, 2.45) is 0 Å². The Hall–Kier alpha value is -3.27. The first-order valence-electron chi connectivity index (χ1n) is 8.70. The number of amides is 1. The van der Waals surface area contributed by atoms with E-state index in [1.165, 1.54) is 5.56 Å². The predicted octanol–water partition coefficient (Wildman–Crippen LogP) is 5.09. The van der Waals surface area contributed by atoms with Gasteiger partial charge in [0.2, 0.25) is 5.91 Å². The first-order valence-corrected chi connectivity index (χ1v) is 8.70. The van der Waals surface area contributed by atoms with Crippen LogP contribution in [0.5, 0.6) is 11.5 Å². The molecule has 0 heterocycles. The van der Waals surface area contributed by atoms with Gasteiger partial charge in [0.05, 0.1) is 12.2 Å². The smallest absolute Gasteiger partial charge is 0.243 e. The summed E-state index contributed by atoms with van der Waals surface area (Å²) in [5, 5.41) is 6.11. The first-order chi connectivity index (χ1) is 12.8. The van der Waals surface area contributed by atoms with Crippen LogP contribution in [0.15, 0.2) is 78.9 Å². The minimum Gasteiger partial charge on any atom is -0.455 e. The van der Waals surface area contributed by atoms with Gasteiger partial charge in [-0.2, -0.15) is 0 Å². The van der Waals surface area contributed by atoms with Crippen molar-refractivity contribution in [3.63, 3.8) is 0 Å². The average molecular weight is 346 g/mol. The second-order valence-electron chi connectivity index (χ2n) is 5.82. The van der Waals surface area contributed by atoms with Crippen molar-refractivity contribution in [3.8, 4) is 11.5 Å². The van der Waals surface area contributed by atoms with Crippen molar-refractivity contribution in [2.45, 2.75) is 13.3 Å². The van der Waals surface area contributed by atoms with Crippen LogP contribution in [0, 0.1) is 0 Å². The van der Waals surface area contributed by atoms with Crippen molar-refractivity contribution < 1.29 is 9.53 Å². The van der Waals surface area contributed by atoms with E-state index in [1.807, 2.05) is 72.8 Å². The van der Waals surface area contributed by atoms with Crippen LogP contribution >= 0.6 is 0 Å². The number of nitrogens with one attached hydrogen (secondary N) is 2. The number of carbonyl (C=O) groups is 1. The number of benzene rings is 3. The molecule has 4 nitrogen and oxygen atoms in total. The van der Waals surface area contributed by atoms with Crippen LogP contribution in [0.4, 0.5) is 11.4 Å². The van der Waals surface area contributed by atoms with E-state index in [-0.39, 0.29) is 12.5 Å². The Bertz CT molecular complexity index is 863. The number of hydrogen-bond donors (Lipinski definition) is 2. The third-order valence-electron chi connectivity index (χ3n) is 3.97. The van der Waals surface area contributed by atoms with Crippen LogP contribution in [-0.2, 0) is 11.2 Å². The Morgan fingerprint density at radius 1 is 0.846 bits per heavy atom. The SMILES string of the molecule is CCc1ccccc1NCC(=O)Nc1ccccc1Oc1ccccc1. The highest BCUT2D eigenvalue weighted by Crippen LogP contribution is 2.29. The molecule has 1 amide bonds. The fraction of sp³-hybridized carbons (Fsp3) is 0.136. The molecular weight excluding hydrogens is 324 g/mol.